The van der Waals surface area contributed by atoms with Gasteiger partial charge in [0, 0.05) is 10.4 Å². The first kappa shape index (κ1) is 38.1. The number of rotatable bonds is 15. The fraction of sp³-hybridized carbons (Fsp3) is 0.351. The van der Waals surface area contributed by atoms with Gasteiger partial charge < -0.3 is 24.8 Å². The molecular formula is C37H40FN7O5S2. The minimum Gasteiger partial charge on any atom is -0.491 e. The fourth-order valence-electron chi connectivity index (χ4n) is 4.76. The zero-order chi connectivity index (χ0) is 37.1. The zero-order valence-corrected chi connectivity index (χ0v) is 31.2. The number of thiazole rings is 2. The van der Waals surface area contributed by atoms with Crippen LogP contribution in [0.25, 0.3) is 10.2 Å². The summed E-state index contributed by atoms with van der Waals surface area (Å²) in [7, 11) is 0. The number of carbonyl (C=O) groups is 2. The lowest BCUT2D eigenvalue weighted by molar-refractivity contribution is -0.153. The van der Waals surface area contributed by atoms with E-state index >= 15 is 0 Å². The van der Waals surface area contributed by atoms with E-state index in [1.807, 2.05) is 37.3 Å². The molecule has 3 N–H and O–H groups in total. The average molecular weight is 746 g/mol. The van der Waals surface area contributed by atoms with E-state index in [1.165, 1.54) is 23.5 Å². The van der Waals surface area contributed by atoms with E-state index in [1.54, 1.807) is 45.1 Å². The van der Waals surface area contributed by atoms with Gasteiger partial charge in [-0.2, -0.15) is 5.10 Å². The van der Waals surface area contributed by atoms with Crippen LogP contribution in [0.5, 0.6) is 5.75 Å². The Kier molecular flexibility index (Phi) is 13.1. The molecular weight excluding hydrogens is 706 g/mol. The number of nitrogens with zero attached hydrogens (tertiary/aromatic N) is 4. The number of para-hydroxylation sites is 1. The summed E-state index contributed by atoms with van der Waals surface area (Å²) >= 11 is 2.89. The second-order valence-electron chi connectivity index (χ2n) is 12.4. The number of hydrogen-bond acceptors (Lipinski definition) is 14. The van der Waals surface area contributed by atoms with Crippen molar-refractivity contribution in [3.05, 3.63) is 81.7 Å². The van der Waals surface area contributed by atoms with Crippen LogP contribution in [0.15, 0.2) is 48.5 Å². The minimum absolute atomic E-state index is 0.0305. The van der Waals surface area contributed by atoms with E-state index < -0.39 is 17.4 Å². The number of nitrogens with one attached hydrogen (secondary N) is 3. The molecule has 5 aromatic rings. The van der Waals surface area contributed by atoms with Gasteiger partial charge in [-0.3, -0.25) is 10.1 Å². The van der Waals surface area contributed by atoms with Crippen LogP contribution < -0.4 is 20.7 Å². The van der Waals surface area contributed by atoms with Gasteiger partial charge in [0.05, 0.1) is 48.8 Å². The molecule has 52 heavy (non-hydrogen) atoms. The molecule has 3 aromatic heterocycles. The third kappa shape index (κ3) is 11.2. The summed E-state index contributed by atoms with van der Waals surface area (Å²) in [6.07, 6.45) is 0.978. The van der Waals surface area contributed by atoms with Gasteiger partial charge >= 0.3 is 11.9 Å². The van der Waals surface area contributed by atoms with E-state index in [4.69, 9.17) is 14.2 Å². The molecule has 0 atom stereocenters. The number of aryl methyl sites for hydroxylation is 2. The second-order valence-corrected chi connectivity index (χ2v) is 14.5. The summed E-state index contributed by atoms with van der Waals surface area (Å²) in [4.78, 5) is 34.3. The van der Waals surface area contributed by atoms with Crippen LogP contribution in [0.2, 0.25) is 0 Å². The Morgan fingerprint density at radius 2 is 1.85 bits per heavy atom. The molecule has 0 radical (unpaired) electrons. The lowest BCUT2D eigenvalue weighted by atomic mass is 10.2. The highest BCUT2D eigenvalue weighted by molar-refractivity contribution is 7.22. The number of benzene rings is 2. The van der Waals surface area contributed by atoms with Crippen molar-refractivity contribution >= 4 is 60.9 Å². The highest BCUT2D eigenvalue weighted by atomic mass is 32.1. The molecule has 15 heteroatoms. The molecule has 0 aliphatic heterocycles. The maximum absolute atomic E-state index is 14.7. The van der Waals surface area contributed by atoms with Crippen molar-refractivity contribution in [2.45, 2.75) is 59.6 Å². The number of ether oxygens (including phenoxy) is 3. The zero-order valence-electron chi connectivity index (χ0n) is 29.6. The van der Waals surface area contributed by atoms with Crippen molar-refractivity contribution in [1.82, 2.24) is 25.5 Å². The van der Waals surface area contributed by atoms with Gasteiger partial charge in [-0.15, -0.1) is 16.4 Å². The summed E-state index contributed by atoms with van der Waals surface area (Å²) in [6, 6.07) is 14.3. The number of halogens is 1. The van der Waals surface area contributed by atoms with Gasteiger partial charge in [-0.25, -0.2) is 19.2 Å². The van der Waals surface area contributed by atoms with Gasteiger partial charge in [0.15, 0.2) is 33.3 Å². The van der Waals surface area contributed by atoms with Gasteiger partial charge in [0.25, 0.3) is 0 Å². The van der Waals surface area contributed by atoms with Crippen molar-refractivity contribution < 1.29 is 28.2 Å². The van der Waals surface area contributed by atoms with E-state index in [2.05, 4.69) is 48.0 Å². The van der Waals surface area contributed by atoms with Crippen molar-refractivity contribution in [2.24, 2.45) is 0 Å². The third-order valence-corrected chi connectivity index (χ3v) is 9.04. The molecule has 0 fully saturated rings. The predicted octanol–water partition coefficient (Wildman–Crippen LogP) is 6.82. The van der Waals surface area contributed by atoms with Crippen LogP contribution in [-0.2, 0) is 27.2 Å². The Morgan fingerprint density at radius 1 is 1.02 bits per heavy atom. The quantitative estimate of drug-likeness (QED) is 0.0587. The highest BCUT2D eigenvalue weighted by Gasteiger charge is 2.20. The SMILES string of the molecule is CCOC(=O)c1nc(NCc2cc(C)c(Nc3nc4ccccc4s3)nn2)sc1CCCOc1ccc(C#CCNCC(=O)OC(C)(C)C)cc1F. The lowest BCUT2D eigenvalue weighted by Crippen LogP contribution is -2.31. The van der Waals surface area contributed by atoms with Gasteiger partial charge in [-0.05, 0) is 89.4 Å². The lowest BCUT2D eigenvalue weighted by Gasteiger charge is -2.19. The topological polar surface area (TPSA) is 149 Å². The molecule has 12 nitrogen and oxygen atoms in total. The number of anilines is 3. The van der Waals surface area contributed by atoms with E-state index in [0.29, 0.717) is 41.6 Å². The smallest absolute Gasteiger partial charge is 0.358 e. The summed E-state index contributed by atoms with van der Waals surface area (Å²) in [5.74, 6) is 5.03. The Labute approximate surface area is 309 Å². The van der Waals surface area contributed by atoms with E-state index in [9.17, 15) is 14.0 Å². The van der Waals surface area contributed by atoms with Crippen LogP contribution in [0.1, 0.15) is 66.3 Å². The predicted molar refractivity (Wildman–Crippen MR) is 201 cm³/mol. The minimum atomic E-state index is -0.553. The van der Waals surface area contributed by atoms with Crippen molar-refractivity contribution in [1.29, 1.82) is 0 Å². The summed E-state index contributed by atoms with van der Waals surface area (Å²) in [5, 5.41) is 19.4. The summed E-state index contributed by atoms with van der Waals surface area (Å²) in [5.41, 5.74) is 2.69. The maximum atomic E-state index is 14.7. The molecule has 2 aromatic carbocycles. The number of carbonyl (C=O) groups excluding carboxylic acids is 2. The maximum Gasteiger partial charge on any atom is 0.358 e. The monoisotopic (exact) mass is 745 g/mol. The Morgan fingerprint density at radius 3 is 2.60 bits per heavy atom. The fourth-order valence-corrected chi connectivity index (χ4v) is 6.61. The molecule has 0 unspecified atom stereocenters. The molecule has 0 saturated heterocycles. The first-order valence-corrected chi connectivity index (χ1v) is 18.3. The molecule has 5 rings (SSSR count). The highest BCUT2D eigenvalue weighted by Crippen LogP contribution is 2.29. The van der Waals surface area contributed by atoms with Crippen molar-refractivity contribution in [3.8, 4) is 17.6 Å². The molecule has 0 amide bonds. The molecule has 0 aliphatic rings. The van der Waals surface area contributed by atoms with Crippen LogP contribution in [-0.4, -0.2) is 64.0 Å². The van der Waals surface area contributed by atoms with Gasteiger partial charge in [0.2, 0.25) is 0 Å². The van der Waals surface area contributed by atoms with Crippen LogP contribution in [0.4, 0.5) is 20.5 Å². The number of aromatic nitrogens is 4. The molecule has 0 aliphatic carbocycles. The molecule has 0 spiro atoms. The number of esters is 2. The van der Waals surface area contributed by atoms with E-state index in [0.717, 1.165) is 25.8 Å². The largest absolute Gasteiger partial charge is 0.491 e. The molecule has 272 valence electrons. The Bertz CT molecular complexity index is 2050. The molecule has 0 saturated carbocycles. The van der Waals surface area contributed by atoms with Crippen LogP contribution >= 0.6 is 22.7 Å². The van der Waals surface area contributed by atoms with E-state index in [-0.39, 0.29) is 43.7 Å². The summed E-state index contributed by atoms with van der Waals surface area (Å²) < 4.78 is 32.0. The van der Waals surface area contributed by atoms with Crippen LogP contribution in [0.3, 0.4) is 0 Å². The third-order valence-electron chi connectivity index (χ3n) is 7.01. The summed E-state index contributed by atoms with van der Waals surface area (Å²) in [6.45, 7) is 10.1. The number of fused-ring (bicyclic) bond motifs is 1. The molecule has 0 bridgehead atoms. The second kappa shape index (κ2) is 17.9. The van der Waals surface area contributed by atoms with Crippen molar-refractivity contribution in [2.75, 3.05) is 36.9 Å². The van der Waals surface area contributed by atoms with Gasteiger partial charge in [0.1, 0.15) is 5.60 Å². The van der Waals surface area contributed by atoms with Crippen molar-refractivity contribution in [3.63, 3.8) is 0 Å². The number of hydrogen-bond donors (Lipinski definition) is 3. The average Bonchev–Trinajstić information content (AvgIpc) is 3.70. The normalized spacial score (nSPS) is 11.1. The van der Waals surface area contributed by atoms with Gasteiger partial charge in [-0.1, -0.05) is 35.3 Å². The first-order valence-electron chi connectivity index (χ1n) is 16.7. The standard InChI is InChI=1S/C37H40FN7O5S2/c1-6-48-34(47)32-30(14-10-18-49-28-16-15-24(20-26(28)38)11-9-17-39-22-31(46)50-37(3,4)5)52-35(42-32)40-21-25-19-23(2)33(45-44-25)43-36-41-27-12-7-8-13-29(27)51-36/h7-8,12-13,15-16,19-20,39H,6,10,14,17-18,21-22H2,1-5H3,(H,40,42)(H,41,43,45). The van der Waals surface area contributed by atoms with Crippen LogP contribution in [0, 0.1) is 24.6 Å². The Balaban J connectivity index is 1.11. The molecule has 3 heterocycles. The first-order chi connectivity index (χ1) is 25.0. The Hall–Kier alpha value is -5.17.